The van der Waals surface area contributed by atoms with Crippen molar-refractivity contribution in [1.82, 2.24) is 10.2 Å². The molecule has 2 heterocycles. The first-order chi connectivity index (χ1) is 7.18. The van der Waals surface area contributed by atoms with Gasteiger partial charge in [0, 0.05) is 13.1 Å². The standard InChI is InChI=1S/C9H17N5O/c10-7-6-8(12-9(11)14(7)15)13-4-2-1-3-5-13/h6,9,15H,1-5,11H2,(H2,10,12)/p+1. The van der Waals surface area contributed by atoms with E-state index in [1.165, 1.54) is 19.3 Å². The van der Waals surface area contributed by atoms with Gasteiger partial charge >= 0.3 is 5.84 Å². The van der Waals surface area contributed by atoms with Gasteiger partial charge in [-0.05, 0) is 24.0 Å². The first-order valence-corrected chi connectivity index (χ1v) is 5.28. The number of hydroxylamine groups is 1. The Hall–Kier alpha value is -1.43. The molecule has 1 atom stereocenters. The number of likely N-dealkylation sites (tertiary alicyclic amines) is 1. The van der Waals surface area contributed by atoms with Gasteiger partial charge in [-0.2, -0.15) is 0 Å². The lowest BCUT2D eigenvalue weighted by Crippen LogP contribution is -2.55. The van der Waals surface area contributed by atoms with Crippen LogP contribution >= 0.6 is 0 Å². The Morgan fingerprint density at radius 1 is 1.40 bits per heavy atom. The minimum atomic E-state index is -0.660. The molecule has 84 valence electrons. The quantitative estimate of drug-likeness (QED) is 0.328. The molecule has 0 aromatic rings. The molecule has 6 nitrogen and oxygen atoms in total. The number of rotatable bonds is 1. The van der Waals surface area contributed by atoms with E-state index in [1.807, 2.05) is 0 Å². The molecular weight excluding hydrogens is 194 g/mol. The van der Waals surface area contributed by atoms with E-state index < -0.39 is 6.29 Å². The molecule has 1 saturated heterocycles. The van der Waals surface area contributed by atoms with Gasteiger partial charge in [0.2, 0.25) is 0 Å². The van der Waals surface area contributed by atoms with Gasteiger partial charge in [-0.25, -0.2) is 0 Å². The number of nitrogens with zero attached hydrogens (tertiary/aromatic N) is 2. The summed E-state index contributed by atoms with van der Waals surface area (Å²) in [5.41, 5.74) is 11.3. The lowest BCUT2D eigenvalue weighted by atomic mass is 10.1. The van der Waals surface area contributed by atoms with E-state index in [4.69, 9.17) is 11.5 Å². The molecule has 0 amide bonds. The Bertz CT molecular complexity index is 306. The smallest absolute Gasteiger partial charge is 0.314 e. The van der Waals surface area contributed by atoms with Gasteiger partial charge in [-0.3, -0.25) is 11.5 Å². The van der Waals surface area contributed by atoms with Crippen LogP contribution in [0.4, 0.5) is 0 Å². The second-order valence-corrected chi connectivity index (χ2v) is 3.94. The summed E-state index contributed by atoms with van der Waals surface area (Å²) in [5.74, 6) is 1.19. The first-order valence-electron chi connectivity index (χ1n) is 5.28. The van der Waals surface area contributed by atoms with E-state index >= 15 is 0 Å². The molecule has 0 spiro atoms. The van der Waals surface area contributed by atoms with Crippen molar-refractivity contribution in [3.05, 3.63) is 11.9 Å². The Balaban J connectivity index is 2.13. The maximum absolute atomic E-state index is 9.38. The van der Waals surface area contributed by atoms with Crippen molar-refractivity contribution in [2.75, 3.05) is 13.1 Å². The van der Waals surface area contributed by atoms with Crippen molar-refractivity contribution in [3.8, 4) is 0 Å². The molecule has 0 radical (unpaired) electrons. The molecule has 1 unspecified atom stereocenters. The fraction of sp³-hybridized carbons (Fsp3) is 0.667. The zero-order valence-corrected chi connectivity index (χ0v) is 8.69. The molecule has 0 aromatic heterocycles. The maximum Gasteiger partial charge on any atom is 0.314 e. The molecule has 6 heteroatoms. The van der Waals surface area contributed by atoms with Crippen molar-refractivity contribution in [1.29, 1.82) is 0 Å². The summed E-state index contributed by atoms with van der Waals surface area (Å²) in [5, 5.41) is 12.4. The van der Waals surface area contributed by atoms with Crippen molar-refractivity contribution >= 4 is 5.84 Å². The van der Waals surface area contributed by atoms with E-state index in [0.717, 1.165) is 23.6 Å². The molecule has 2 rings (SSSR count). The summed E-state index contributed by atoms with van der Waals surface area (Å²) in [6, 6.07) is 0. The molecule has 15 heavy (non-hydrogen) atoms. The fourth-order valence-corrected chi connectivity index (χ4v) is 1.94. The second kappa shape index (κ2) is 3.98. The molecule has 0 aromatic carbocycles. The molecule has 0 aliphatic carbocycles. The van der Waals surface area contributed by atoms with E-state index in [-0.39, 0.29) is 5.84 Å². The van der Waals surface area contributed by atoms with Gasteiger partial charge in [0.1, 0.15) is 5.82 Å². The third-order valence-electron chi connectivity index (χ3n) is 2.81. The van der Waals surface area contributed by atoms with Crippen LogP contribution in [0.15, 0.2) is 11.9 Å². The average Bonchev–Trinajstić information content (AvgIpc) is 2.26. The van der Waals surface area contributed by atoms with Crippen molar-refractivity contribution in [2.45, 2.75) is 25.6 Å². The van der Waals surface area contributed by atoms with Crippen LogP contribution in [0, 0.1) is 0 Å². The third-order valence-corrected chi connectivity index (χ3v) is 2.81. The van der Waals surface area contributed by atoms with E-state index in [0.29, 0.717) is 0 Å². The van der Waals surface area contributed by atoms with Crippen LogP contribution in [-0.4, -0.2) is 40.1 Å². The SMILES string of the molecule is NC1=[N+](O)C(N)NC(N2CCCCC2)=C1. The summed E-state index contributed by atoms with van der Waals surface area (Å²) in [6.45, 7) is 2.04. The van der Waals surface area contributed by atoms with Crippen LogP contribution in [-0.2, 0) is 0 Å². The highest BCUT2D eigenvalue weighted by atomic mass is 16.5. The zero-order chi connectivity index (χ0) is 10.8. The summed E-state index contributed by atoms with van der Waals surface area (Å²) in [7, 11) is 0. The highest BCUT2D eigenvalue weighted by Gasteiger charge is 2.25. The number of piperidine rings is 1. The topological polar surface area (TPSA) is 90.5 Å². The first kappa shape index (κ1) is 10.1. The second-order valence-electron chi connectivity index (χ2n) is 3.94. The Morgan fingerprint density at radius 3 is 2.67 bits per heavy atom. The number of nitrogens with two attached hydrogens (primary N) is 2. The predicted molar refractivity (Wildman–Crippen MR) is 55.9 cm³/mol. The molecule has 2 aliphatic rings. The highest BCUT2D eigenvalue weighted by molar-refractivity contribution is 5.87. The fourth-order valence-electron chi connectivity index (χ4n) is 1.94. The summed E-state index contributed by atoms with van der Waals surface area (Å²) < 4.78 is 0.827. The predicted octanol–water partition coefficient (Wildman–Crippen LogP) is -1.08. The summed E-state index contributed by atoms with van der Waals surface area (Å²) in [6.07, 6.45) is 4.72. The van der Waals surface area contributed by atoms with E-state index in [2.05, 4.69) is 10.2 Å². The zero-order valence-electron chi connectivity index (χ0n) is 8.69. The number of nitrogens with one attached hydrogen (secondary N) is 1. The highest BCUT2D eigenvalue weighted by Crippen LogP contribution is 2.14. The van der Waals surface area contributed by atoms with Crippen molar-refractivity contribution in [3.63, 3.8) is 0 Å². The Kier molecular flexibility index (Phi) is 2.68. The molecular formula is C9H18N5O+. The van der Waals surface area contributed by atoms with Crippen molar-refractivity contribution < 1.29 is 9.95 Å². The lowest BCUT2D eigenvalue weighted by molar-refractivity contribution is -0.803. The van der Waals surface area contributed by atoms with Crippen LogP contribution in [0.25, 0.3) is 0 Å². The Labute approximate surface area is 88.8 Å². The van der Waals surface area contributed by atoms with E-state index in [1.54, 1.807) is 6.08 Å². The van der Waals surface area contributed by atoms with Gasteiger partial charge in [-0.1, -0.05) is 0 Å². The number of amidine groups is 1. The van der Waals surface area contributed by atoms with Crippen molar-refractivity contribution in [2.24, 2.45) is 11.5 Å². The van der Waals surface area contributed by atoms with Gasteiger partial charge in [0.05, 0.1) is 6.08 Å². The van der Waals surface area contributed by atoms with Crippen LogP contribution in [0.5, 0.6) is 0 Å². The molecule has 6 N–H and O–H groups in total. The average molecular weight is 212 g/mol. The largest absolute Gasteiger partial charge is 0.358 e. The normalized spacial score (nSPS) is 27.4. The van der Waals surface area contributed by atoms with Gasteiger partial charge < -0.3 is 15.4 Å². The summed E-state index contributed by atoms with van der Waals surface area (Å²) >= 11 is 0. The van der Waals surface area contributed by atoms with Gasteiger partial charge in [0.15, 0.2) is 0 Å². The third kappa shape index (κ3) is 1.99. The van der Waals surface area contributed by atoms with E-state index in [9.17, 15) is 5.21 Å². The Morgan fingerprint density at radius 2 is 2.07 bits per heavy atom. The molecule has 2 aliphatic heterocycles. The minimum absolute atomic E-state index is 0.279. The van der Waals surface area contributed by atoms with Gasteiger partial charge in [-0.15, -0.1) is 0 Å². The molecule has 0 bridgehead atoms. The maximum atomic E-state index is 9.38. The van der Waals surface area contributed by atoms with Crippen LogP contribution in [0.3, 0.4) is 0 Å². The molecule has 0 saturated carbocycles. The molecule has 1 fully saturated rings. The van der Waals surface area contributed by atoms with Crippen LogP contribution in [0.2, 0.25) is 0 Å². The van der Waals surface area contributed by atoms with Crippen LogP contribution in [0.1, 0.15) is 19.3 Å². The van der Waals surface area contributed by atoms with Gasteiger partial charge in [0.25, 0.3) is 6.29 Å². The minimum Gasteiger partial charge on any atom is -0.358 e. The number of hydrogen-bond acceptors (Lipinski definition) is 5. The van der Waals surface area contributed by atoms with Crippen LogP contribution < -0.4 is 16.8 Å². The lowest BCUT2D eigenvalue weighted by Gasteiger charge is -2.33. The monoisotopic (exact) mass is 212 g/mol. The number of hydrogen-bond donors (Lipinski definition) is 4. The summed E-state index contributed by atoms with van der Waals surface area (Å²) in [4.78, 5) is 2.21.